The van der Waals surface area contributed by atoms with Crippen molar-refractivity contribution in [2.45, 2.75) is 19.5 Å². The van der Waals surface area contributed by atoms with E-state index in [1.165, 1.54) is 6.07 Å². The molecule has 0 saturated carbocycles. The second-order valence-electron chi connectivity index (χ2n) is 4.41. The first-order valence-corrected chi connectivity index (χ1v) is 6.03. The summed E-state index contributed by atoms with van der Waals surface area (Å²) in [6.45, 7) is 2.12. The average Bonchev–Trinajstić information content (AvgIpc) is 2.40. The summed E-state index contributed by atoms with van der Waals surface area (Å²) in [7, 11) is 0. The molecule has 0 fully saturated rings. The summed E-state index contributed by atoms with van der Waals surface area (Å²) in [6.07, 6.45) is 0. The van der Waals surface area contributed by atoms with Crippen molar-refractivity contribution in [3.05, 3.63) is 65.2 Å². The summed E-state index contributed by atoms with van der Waals surface area (Å²) >= 11 is 0. The van der Waals surface area contributed by atoms with Gasteiger partial charge in [-0.15, -0.1) is 0 Å². The topological polar surface area (TPSA) is 32.3 Å². The summed E-state index contributed by atoms with van der Waals surface area (Å²) in [5.74, 6) is -1.48. The highest BCUT2D eigenvalue weighted by atomic mass is 19.2. The molecule has 0 aromatic heterocycles. The van der Waals surface area contributed by atoms with Crippen LogP contribution in [0.5, 0.6) is 5.75 Å². The molecule has 19 heavy (non-hydrogen) atoms. The molecule has 0 radical (unpaired) electrons. The van der Waals surface area contributed by atoms with E-state index in [4.69, 9.17) is 0 Å². The van der Waals surface area contributed by atoms with E-state index in [0.717, 1.165) is 11.6 Å². The minimum Gasteiger partial charge on any atom is -0.508 e. The number of halogens is 2. The van der Waals surface area contributed by atoms with Crippen LogP contribution in [-0.4, -0.2) is 5.11 Å². The number of benzene rings is 2. The van der Waals surface area contributed by atoms with Gasteiger partial charge in [0.2, 0.25) is 0 Å². The van der Waals surface area contributed by atoms with Gasteiger partial charge in [0.1, 0.15) is 5.75 Å². The van der Waals surface area contributed by atoms with Crippen molar-refractivity contribution in [1.29, 1.82) is 0 Å². The number of nitrogens with one attached hydrogen (secondary N) is 1. The van der Waals surface area contributed by atoms with Gasteiger partial charge >= 0.3 is 0 Å². The van der Waals surface area contributed by atoms with Gasteiger partial charge in [0.15, 0.2) is 11.6 Å². The fraction of sp³-hybridized carbons (Fsp3) is 0.200. The van der Waals surface area contributed by atoms with Gasteiger partial charge in [-0.25, -0.2) is 8.78 Å². The van der Waals surface area contributed by atoms with Crippen LogP contribution in [0.25, 0.3) is 0 Å². The fourth-order valence-electron chi connectivity index (χ4n) is 1.86. The lowest BCUT2D eigenvalue weighted by atomic mass is 10.1. The first-order chi connectivity index (χ1) is 9.08. The fourth-order valence-corrected chi connectivity index (χ4v) is 1.86. The Labute approximate surface area is 110 Å². The van der Waals surface area contributed by atoms with Gasteiger partial charge in [0, 0.05) is 18.2 Å². The Morgan fingerprint density at radius 3 is 2.63 bits per heavy atom. The predicted octanol–water partition coefficient (Wildman–Crippen LogP) is 3.52. The van der Waals surface area contributed by atoms with Gasteiger partial charge in [-0.3, -0.25) is 0 Å². The molecule has 2 N–H and O–H groups in total. The standard InChI is InChI=1S/C15H15F2NO/c1-10(11-4-2-6-13(19)8-11)18-9-12-5-3-7-14(16)15(12)17/h2-8,10,18-19H,9H2,1H3. The zero-order valence-corrected chi connectivity index (χ0v) is 10.5. The van der Waals surface area contributed by atoms with Gasteiger partial charge in [0.05, 0.1) is 0 Å². The van der Waals surface area contributed by atoms with Crippen molar-refractivity contribution >= 4 is 0 Å². The van der Waals surface area contributed by atoms with Crippen LogP contribution in [0.1, 0.15) is 24.1 Å². The second kappa shape index (κ2) is 5.80. The Morgan fingerprint density at radius 2 is 1.89 bits per heavy atom. The Balaban J connectivity index is 2.04. The Bertz CT molecular complexity index is 572. The lowest BCUT2D eigenvalue weighted by Gasteiger charge is -2.15. The van der Waals surface area contributed by atoms with E-state index in [-0.39, 0.29) is 23.9 Å². The third-order valence-corrected chi connectivity index (χ3v) is 3.00. The smallest absolute Gasteiger partial charge is 0.163 e. The van der Waals surface area contributed by atoms with E-state index in [2.05, 4.69) is 5.32 Å². The van der Waals surface area contributed by atoms with Crippen molar-refractivity contribution in [3.8, 4) is 5.75 Å². The number of hydrogen-bond acceptors (Lipinski definition) is 2. The molecule has 0 aliphatic rings. The van der Waals surface area contributed by atoms with E-state index in [9.17, 15) is 13.9 Å². The molecule has 0 spiro atoms. The maximum Gasteiger partial charge on any atom is 0.163 e. The Hall–Kier alpha value is -1.94. The summed E-state index contributed by atoms with van der Waals surface area (Å²) in [6, 6.07) is 10.9. The van der Waals surface area contributed by atoms with Gasteiger partial charge in [-0.05, 0) is 30.7 Å². The average molecular weight is 263 g/mol. The predicted molar refractivity (Wildman–Crippen MR) is 69.7 cm³/mol. The number of phenols is 1. The number of hydrogen-bond donors (Lipinski definition) is 2. The summed E-state index contributed by atoms with van der Waals surface area (Å²) in [5, 5.41) is 12.5. The number of phenolic OH excluding ortho intramolecular Hbond substituents is 1. The number of aromatic hydroxyl groups is 1. The van der Waals surface area contributed by atoms with Crippen LogP contribution in [0.15, 0.2) is 42.5 Å². The largest absolute Gasteiger partial charge is 0.508 e. The van der Waals surface area contributed by atoms with Crippen LogP contribution in [0.3, 0.4) is 0 Å². The van der Waals surface area contributed by atoms with Crippen molar-refractivity contribution in [2.24, 2.45) is 0 Å². The van der Waals surface area contributed by atoms with Crippen LogP contribution >= 0.6 is 0 Å². The van der Waals surface area contributed by atoms with Crippen molar-refractivity contribution in [3.63, 3.8) is 0 Å². The van der Waals surface area contributed by atoms with Crippen molar-refractivity contribution in [1.82, 2.24) is 5.32 Å². The molecule has 2 aromatic carbocycles. The van der Waals surface area contributed by atoms with E-state index in [1.54, 1.807) is 24.3 Å². The molecule has 2 aromatic rings. The van der Waals surface area contributed by atoms with Crippen molar-refractivity contribution in [2.75, 3.05) is 0 Å². The highest BCUT2D eigenvalue weighted by Crippen LogP contribution is 2.19. The second-order valence-corrected chi connectivity index (χ2v) is 4.41. The molecule has 0 aliphatic carbocycles. The third kappa shape index (κ3) is 3.29. The van der Waals surface area contributed by atoms with Crippen LogP contribution in [0.2, 0.25) is 0 Å². The highest BCUT2D eigenvalue weighted by Gasteiger charge is 2.10. The lowest BCUT2D eigenvalue weighted by molar-refractivity contribution is 0.470. The van der Waals surface area contributed by atoms with Gasteiger partial charge in [-0.1, -0.05) is 24.3 Å². The molecule has 100 valence electrons. The molecule has 1 unspecified atom stereocenters. The Kier molecular flexibility index (Phi) is 4.12. The zero-order valence-electron chi connectivity index (χ0n) is 10.5. The maximum atomic E-state index is 13.5. The molecule has 2 rings (SSSR count). The highest BCUT2D eigenvalue weighted by molar-refractivity contribution is 5.29. The van der Waals surface area contributed by atoms with Crippen LogP contribution < -0.4 is 5.32 Å². The van der Waals surface area contributed by atoms with Crippen LogP contribution in [0, 0.1) is 11.6 Å². The van der Waals surface area contributed by atoms with E-state index in [0.29, 0.717) is 0 Å². The maximum absolute atomic E-state index is 13.5. The molecule has 0 saturated heterocycles. The van der Waals surface area contributed by atoms with Crippen LogP contribution in [-0.2, 0) is 6.54 Å². The number of rotatable bonds is 4. The minimum absolute atomic E-state index is 0.0743. The molecule has 1 atom stereocenters. The molecule has 0 heterocycles. The van der Waals surface area contributed by atoms with Gasteiger partial charge in [-0.2, -0.15) is 0 Å². The summed E-state index contributed by atoms with van der Waals surface area (Å²) in [5.41, 5.74) is 1.17. The van der Waals surface area contributed by atoms with Crippen LogP contribution in [0.4, 0.5) is 8.78 Å². The quantitative estimate of drug-likeness (QED) is 0.884. The monoisotopic (exact) mass is 263 g/mol. The Morgan fingerprint density at radius 1 is 1.16 bits per heavy atom. The normalized spacial score (nSPS) is 12.4. The molecule has 4 heteroatoms. The minimum atomic E-state index is -0.843. The molecule has 0 bridgehead atoms. The SMILES string of the molecule is CC(NCc1cccc(F)c1F)c1cccc(O)c1. The summed E-state index contributed by atoms with van der Waals surface area (Å²) < 4.78 is 26.5. The van der Waals surface area contributed by atoms with E-state index >= 15 is 0 Å². The molecule has 0 aliphatic heterocycles. The molecule has 0 amide bonds. The van der Waals surface area contributed by atoms with E-state index in [1.807, 2.05) is 13.0 Å². The van der Waals surface area contributed by atoms with Crippen molar-refractivity contribution < 1.29 is 13.9 Å². The molecule has 2 nitrogen and oxygen atoms in total. The molecular weight excluding hydrogens is 248 g/mol. The third-order valence-electron chi connectivity index (χ3n) is 3.00. The molecular formula is C15H15F2NO. The van der Waals surface area contributed by atoms with Gasteiger partial charge < -0.3 is 10.4 Å². The van der Waals surface area contributed by atoms with E-state index < -0.39 is 11.6 Å². The first-order valence-electron chi connectivity index (χ1n) is 6.03. The lowest BCUT2D eigenvalue weighted by Crippen LogP contribution is -2.19. The van der Waals surface area contributed by atoms with Gasteiger partial charge in [0.25, 0.3) is 0 Å². The zero-order chi connectivity index (χ0) is 13.8. The summed E-state index contributed by atoms with van der Waals surface area (Å²) in [4.78, 5) is 0. The first kappa shape index (κ1) is 13.5.